The topological polar surface area (TPSA) is 141 Å². The van der Waals surface area contributed by atoms with E-state index in [1.807, 2.05) is 50.2 Å². The SMILES string of the molecule is [B]N(C)Cc1cc(NC(=O)OC[C@H](C)c2ccc(C(C=O)Nc3ccc4cc[nH]c(=O)c4c3)cc2C)ccc1N1CCCCS1(=O)=O. The minimum absolute atomic E-state index is 0.0980. The molecule has 1 aliphatic rings. The van der Waals surface area contributed by atoms with Gasteiger partial charge in [-0.2, -0.15) is 0 Å². The first-order valence-corrected chi connectivity index (χ1v) is 17.0. The van der Waals surface area contributed by atoms with E-state index in [9.17, 15) is 22.8 Å². The number of H-pyrrole nitrogens is 1. The van der Waals surface area contributed by atoms with E-state index in [1.165, 1.54) is 9.12 Å². The summed E-state index contributed by atoms with van der Waals surface area (Å²) in [5.74, 6) is -0.0430. The van der Waals surface area contributed by atoms with Crippen molar-refractivity contribution in [1.29, 1.82) is 0 Å². The molecule has 1 aromatic heterocycles. The number of aromatic amines is 1. The molecule has 2 atom stereocenters. The second kappa shape index (κ2) is 14.4. The number of rotatable bonds is 11. The largest absolute Gasteiger partial charge is 0.449 e. The molecule has 2 heterocycles. The fraction of sp³-hybridized carbons (Fsp3) is 0.324. The smallest absolute Gasteiger partial charge is 0.411 e. The molecule has 1 fully saturated rings. The molecule has 47 heavy (non-hydrogen) atoms. The maximum absolute atomic E-state index is 12.8. The van der Waals surface area contributed by atoms with Gasteiger partial charge in [-0.15, -0.1) is 0 Å². The molecule has 11 nitrogen and oxygen atoms in total. The second-order valence-electron chi connectivity index (χ2n) is 12.0. The van der Waals surface area contributed by atoms with E-state index in [4.69, 9.17) is 12.7 Å². The third-order valence-electron chi connectivity index (χ3n) is 8.25. The molecule has 1 saturated heterocycles. The van der Waals surface area contributed by atoms with E-state index in [2.05, 4.69) is 15.6 Å². The lowest BCUT2D eigenvalue weighted by Crippen LogP contribution is -2.38. The zero-order valence-corrected chi connectivity index (χ0v) is 27.5. The summed E-state index contributed by atoms with van der Waals surface area (Å²) in [6, 6.07) is 17.3. The van der Waals surface area contributed by atoms with Crippen molar-refractivity contribution in [3.05, 3.63) is 99.5 Å². The van der Waals surface area contributed by atoms with Crippen LogP contribution < -0.4 is 20.5 Å². The zero-order valence-electron chi connectivity index (χ0n) is 26.7. The molecule has 0 saturated carbocycles. The Kier molecular flexibility index (Phi) is 10.4. The molecule has 0 aliphatic carbocycles. The normalized spacial score (nSPS) is 15.6. The fourth-order valence-electron chi connectivity index (χ4n) is 5.90. The molecule has 1 aliphatic heterocycles. The summed E-state index contributed by atoms with van der Waals surface area (Å²) in [6.07, 6.45) is 3.17. The van der Waals surface area contributed by atoms with Crippen molar-refractivity contribution < 1.29 is 22.7 Å². The van der Waals surface area contributed by atoms with Crippen LogP contribution in [0, 0.1) is 6.92 Å². The lowest BCUT2D eigenvalue weighted by atomic mass is 9.93. The third kappa shape index (κ3) is 8.03. The van der Waals surface area contributed by atoms with E-state index in [1.54, 1.807) is 37.5 Å². The Balaban J connectivity index is 1.22. The van der Waals surface area contributed by atoms with Crippen LogP contribution in [0.2, 0.25) is 0 Å². The number of anilines is 3. The number of aldehydes is 1. The third-order valence-corrected chi connectivity index (χ3v) is 10.1. The van der Waals surface area contributed by atoms with Crippen molar-refractivity contribution in [2.24, 2.45) is 0 Å². The number of benzene rings is 3. The first kappa shape index (κ1) is 33.7. The average Bonchev–Trinajstić information content (AvgIpc) is 3.03. The Hall–Kier alpha value is -4.62. The van der Waals surface area contributed by atoms with Gasteiger partial charge in [0.1, 0.15) is 12.3 Å². The number of nitrogens with zero attached hydrogens (tertiary/aromatic N) is 2. The number of hydrogen-bond acceptors (Lipinski definition) is 8. The summed E-state index contributed by atoms with van der Waals surface area (Å²) < 4.78 is 32.4. The minimum Gasteiger partial charge on any atom is -0.449 e. The molecule has 2 radical (unpaired) electrons. The monoisotopic (exact) mass is 655 g/mol. The number of pyridine rings is 1. The van der Waals surface area contributed by atoms with E-state index < -0.39 is 22.2 Å². The highest BCUT2D eigenvalue weighted by Gasteiger charge is 2.28. The summed E-state index contributed by atoms with van der Waals surface area (Å²) in [5.41, 5.74) is 4.77. The molecule has 1 unspecified atom stereocenters. The number of fused-ring (bicyclic) bond motifs is 1. The Morgan fingerprint density at radius 3 is 2.62 bits per heavy atom. The quantitative estimate of drug-likeness (QED) is 0.152. The molecule has 244 valence electrons. The van der Waals surface area contributed by atoms with Crippen molar-refractivity contribution >= 4 is 58.2 Å². The summed E-state index contributed by atoms with van der Waals surface area (Å²) in [6.45, 7) is 4.67. The summed E-state index contributed by atoms with van der Waals surface area (Å²) in [5, 5.41) is 7.28. The van der Waals surface area contributed by atoms with Crippen LogP contribution in [0.5, 0.6) is 0 Å². The number of sulfonamides is 1. The number of hydrogen-bond donors (Lipinski definition) is 3. The fourth-order valence-corrected chi connectivity index (χ4v) is 7.57. The van der Waals surface area contributed by atoms with Crippen LogP contribution in [0.4, 0.5) is 21.9 Å². The molecule has 0 spiro atoms. The Bertz CT molecular complexity index is 1950. The molecule has 13 heteroatoms. The molecular weight excluding hydrogens is 617 g/mol. The van der Waals surface area contributed by atoms with Crippen LogP contribution in [0.3, 0.4) is 0 Å². The van der Waals surface area contributed by atoms with Gasteiger partial charge in [-0.25, -0.2) is 13.2 Å². The van der Waals surface area contributed by atoms with E-state index >= 15 is 0 Å². The molecule has 0 bridgehead atoms. The standard InChI is InChI=1S/C34H38BN5O6S/c1-22-16-25(31(20-41)37-28-8-6-24-12-13-36-33(42)30(24)18-28)7-10-29(22)23(2)21-46-34(43)38-27-9-11-32(26(17-27)19-39(3)35)40-14-4-5-15-47(40,44)45/h6-13,16-18,20,23,31,37H,4-5,14-15,19,21H2,1-3H3,(H,36,42)(H,38,43)/t23-,31?/m0/s1. The van der Waals surface area contributed by atoms with E-state index in [0.717, 1.165) is 34.8 Å². The van der Waals surface area contributed by atoms with Gasteiger partial charge in [0.15, 0.2) is 7.98 Å². The van der Waals surface area contributed by atoms with E-state index in [0.29, 0.717) is 41.0 Å². The summed E-state index contributed by atoms with van der Waals surface area (Å²) in [7, 11) is 4.16. The molecule has 5 rings (SSSR count). The first-order chi connectivity index (χ1) is 22.4. The van der Waals surface area contributed by atoms with Crippen LogP contribution in [0.25, 0.3) is 10.8 Å². The maximum atomic E-state index is 12.8. The highest BCUT2D eigenvalue weighted by molar-refractivity contribution is 7.92. The van der Waals surface area contributed by atoms with Gasteiger partial charge in [0.2, 0.25) is 10.0 Å². The van der Waals surface area contributed by atoms with Crippen molar-refractivity contribution in [2.75, 3.05) is 40.9 Å². The number of aromatic nitrogens is 1. The maximum Gasteiger partial charge on any atom is 0.411 e. The Morgan fingerprint density at radius 2 is 1.89 bits per heavy atom. The second-order valence-corrected chi connectivity index (χ2v) is 14.0. The first-order valence-electron chi connectivity index (χ1n) is 15.4. The van der Waals surface area contributed by atoms with Crippen LogP contribution in [-0.2, 0) is 26.1 Å². The minimum atomic E-state index is -3.42. The van der Waals surface area contributed by atoms with Crippen molar-refractivity contribution in [3.8, 4) is 0 Å². The van der Waals surface area contributed by atoms with Crippen LogP contribution >= 0.6 is 0 Å². The summed E-state index contributed by atoms with van der Waals surface area (Å²) in [4.78, 5) is 41.2. The van der Waals surface area contributed by atoms with Gasteiger partial charge < -0.3 is 24.6 Å². The zero-order chi connectivity index (χ0) is 33.7. The molecule has 3 aromatic carbocycles. The van der Waals surface area contributed by atoms with Gasteiger partial charge in [0, 0.05) is 42.0 Å². The predicted octanol–water partition coefficient (Wildman–Crippen LogP) is 4.99. The highest BCUT2D eigenvalue weighted by atomic mass is 32.2. The van der Waals surface area contributed by atoms with Gasteiger partial charge >= 0.3 is 6.09 Å². The molecule has 3 N–H and O–H groups in total. The van der Waals surface area contributed by atoms with Gasteiger partial charge in [0.05, 0.1) is 18.0 Å². The highest BCUT2D eigenvalue weighted by Crippen LogP contribution is 2.31. The Labute approximate surface area is 275 Å². The molecule has 1 amide bonds. The van der Waals surface area contributed by atoms with Gasteiger partial charge in [-0.3, -0.25) is 14.4 Å². The number of carbonyl (C=O) groups excluding carboxylic acids is 2. The predicted molar refractivity (Wildman–Crippen MR) is 186 cm³/mol. The van der Waals surface area contributed by atoms with Gasteiger partial charge in [-0.1, -0.05) is 31.2 Å². The number of ether oxygens (including phenoxy) is 1. The number of carbonyl (C=O) groups is 2. The van der Waals surface area contributed by atoms with E-state index in [-0.39, 0.29) is 30.4 Å². The van der Waals surface area contributed by atoms with Crippen molar-refractivity contribution in [2.45, 2.75) is 45.2 Å². The number of aryl methyl sites for hydroxylation is 1. The van der Waals surface area contributed by atoms with Crippen LogP contribution in [0.15, 0.2) is 71.7 Å². The van der Waals surface area contributed by atoms with Gasteiger partial charge in [-0.05, 0) is 90.9 Å². The van der Waals surface area contributed by atoms with Crippen molar-refractivity contribution in [3.63, 3.8) is 0 Å². The van der Waals surface area contributed by atoms with Gasteiger partial charge in [0.25, 0.3) is 5.56 Å². The summed E-state index contributed by atoms with van der Waals surface area (Å²) >= 11 is 0. The van der Waals surface area contributed by atoms with Crippen molar-refractivity contribution in [1.82, 2.24) is 9.79 Å². The average molecular weight is 656 g/mol. The van der Waals surface area contributed by atoms with Crippen LogP contribution in [0.1, 0.15) is 54.0 Å². The lowest BCUT2D eigenvalue weighted by Gasteiger charge is -2.31. The Morgan fingerprint density at radius 1 is 1.11 bits per heavy atom. The number of nitrogens with one attached hydrogen (secondary N) is 3. The molecular formula is C34H38BN5O6S. The van der Waals surface area contributed by atoms with Crippen LogP contribution in [-0.4, -0.2) is 64.5 Å². The lowest BCUT2D eigenvalue weighted by molar-refractivity contribution is -0.108. The number of amides is 1. The molecule has 4 aromatic rings.